The van der Waals surface area contributed by atoms with E-state index < -0.39 is 0 Å². The summed E-state index contributed by atoms with van der Waals surface area (Å²) < 4.78 is 1.01. The molecule has 0 aliphatic carbocycles. The van der Waals surface area contributed by atoms with Gasteiger partial charge < -0.3 is 15.2 Å². The van der Waals surface area contributed by atoms with Crippen molar-refractivity contribution in [1.82, 2.24) is 15.2 Å². The number of halogens is 1. The Labute approximate surface area is 139 Å². The Kier molecular flexibility index (Phi) is 4.84. The molecule has 1 aliphatic rings. The van der Waals surface area contributed by atoms with Gasteiger partial charge in [-0.05, 0) is 44.0 Å². The van der Waals surface area contributed by atoms with Crippen LogP contribution >= 0.6 is 15.9 Å². The number of benzene rings is 1. The van der Waals surface area contributed by atoms with Crippen LogP contribution in [0.3, 0.4) is 0 Å². The highest BCUT2D eigenvalue weighted by Crippen LogP contribution is 2.20. The number of hydrogen-bond acceptors (Lipinski definition) is 2. The minimum Gasteiger partial charge on any atom is -0.350 e. The highest BCUT2D eigenvalue weighted by molar-refractivity contribution is 9.10. The van der Waals surface area contributed by atoms with Gasteiger partial charge >= 0.3 is 0 Å². The zero-order chi connectivity index (χ0) is 15.5. The molecule has 1 aromatic heterocycles. The third-order valence-electron chi connectivity index (χ3n) is 4.29. The number of carbonyl (C=O) groups excluding carboxylic acids is 1. The third kappa shape index (κ3) is 3.52. The summed E-state index contributed by atoms with van der Waals surface area (Å²) >= 11 is 3.45. The number of aromatic amines is 1. The van der Waals surface area contributed by atoms with E-state index in [0.717, 1.165) is 47.9 Å². The molecule has 1 aliphatic heterocycles. The molecule has 4 nitrogen and oxygen atoms in total. The van der Waals surface area contributed by atoms with Crippen LogP contribution in [0.15, 0.2) is 28.7 Å². The average Bonchev–Trinajstić information content (AvgIpc) is 2.92. The van der Waals surface area contributed by atoms with Crippen LogP contribution in [0.1, 0.15) is 36.7 Å². The zero-order valence-electron chi connectivity index (χ0n) is 12.9. The molecule has 2 heterocycles. The fraction of sp³-hybridized carbons (Fsp3) is 0.471. The smallest absolute Gasteiger partial charge is 0.267 e. The van der Waals surface area contributed by atoms with Gasteiger partial charge in [0.25, 0.3) is 5.91 Å². The Morgan fingerprint density at radius 3 is 2.86 bits per heavy atom. The number of fused-ring (bicyclic) bond motifs is 1. The fourth-order valence-electron chi connectivity index (χ4n) is 3.10. The summed E-state index contributed by atoms with van der Waals surface area (Å²) in [5.41, 5.74) is 1.63. The Bertz CT molecular complexity index is 659. The third-order valence-corrected chi connectivity index (χ3v) is 4.79. The maximum atomic E-state index is 12.4. The van der Waals surface area contributed by atoms with Gasteiger partial charge in [-0.2, -0.15) is 0 Å². The Morgan fingerprint density at radius 2 is 2.14 bits per heavy atom. The first-order chi connectivity index (χ1) is 10.7. The summed E-state index contributed by atoms with van der Waals surface area (Å²) in [5.74, 6) is 0.00117. The molecule has 118 valence electrons. The summed E-state index contributed by atoms with van der Waals surface area (Å²) in [6.07, 6.45) is 3.27. The molecule has 1 amide bonds. The molecule has 0 saturated carbocycles. The lowest BCUT2D eigenvalue weighted by Crippen LogP contribution is -2.44. The molecule has 5 heteroatoms. The monoisotopic (exact) mass is 363 g/mol. The van der Waals surface area contributed by atoms with Crippen LogP contribution in [-0.4, -0.2) is 41.5 Å². The Balaban J connectivity index is 1.61. The van der Waals surface area contributed by atoms with E-state index in [1.54, 1.807) is 0 Å². The number of hydrogen-bond donors (Lipinski definition) is 2. The maximum absolute atomic E-state index is 12.4. The van der Waals surface area contributed by atoms with Crippen LogP contribution in [0.4, 0.5) is 0 Å². The Morgan fingerprint density at radius 1 is 1.36 bits per heavy atom. The van der Waals surface area contributed by atoms with Crippen molar-refractivity contribution in [2.24, 2.45) is 0 Å². The molecule has 0 bridgehead atoms. The van der Waals surface area contributed by atoms with Gasteiger partial charge in [-0.3, -0.25) is 4.79 Å². The number of nitrogens with zero attached hydrogens (tertiary/aromatic N) is 1. The van der Waals surface area contributed by atoms with Gasteiger partial charge in [0.1, 0.15) is 5.69 Å². The lowest BCUT2D eigenvalue weighted by Gasteiger charge is -2.31. The van der Waals surface area contributed by atoms with Gasteiger partial charge in [-0.25, -0.2) is 0 Å². The summed E-state index contributed by atoms with van der Waals surface area (Å²) in [5, 5.41) is 4.23. The van der Waals surface area contributed by atoms with E-state index >= 15 is 0 Å². The minimum atomic E-state index is 0.00117. The molecule has 22 heavy (non-hydrogen) atoms. The summed E-state index contributed by atoms with van der Waals surface area (Å²) in [4.78, 5) is 18.1. The van der Waals surface area contributed by atoms with E-state index in [2.05, 4.69) is 38.1 Å². The second kappa shape index (κ2) is 6.84. The number of rotatable bonds is 4. The average molecular weight is 364 g/mol. The second-order valence-corrected chi connectivity index (χ2v) is 6.92. The van der Waals surface area contributed by atoms with Crippen LogP contribution in [-0.2, 0) is 0 Å². The SMILES string of the molecule is CCCN1CCC(NC(=O)c2cc3ccc(Br)cc3[nH]2)CC1. The lowest BCUT2D eigenvalue weighted by molar-refractivity contribution is 0.0907. The van der Waals surface area contributed by atoms with Crippen molar-refractivity contribution < 1.29 is 4.79 Å². The Hall–Kier alpha value is -1.33. The van der Waals surface area contributed by atoms with E-state index in [-0.39, 0.29) is 5.91 Å². The van der Waals surface area contributed by atoms with Gasteiger partial charge in [-0.15, -0.1) is 0 Å². The van der Waals surface area contributed by atoms with Gasteiger partial charge in [0.15, 0.2) is 0 Å². The number of amides is 1. The van der Waals surface area contributed by atoms with Crippen molar-refractivity contribution in [3.05, 3.63) is 34.4 Å². The first-order valence-corrected chi connectivity index (χ1v) is 8.76. The van der Waals surface area contributed by atoms with Crippen molar-refractivity contribution in [2.75, 3.05) is 19.6 Å². The van der Waals surface area contributed by atoms with Gasteiger partial charge in [0.05, 0.1) is 0 Å². The van der Waals surface area contributed by atoms with Crippen LogP contribution in [0, 0.1) is 0 Å². The van der Waals surface area contributed by atoms with Crippen LogP contribution < -0.4 is 5.32 Å². The molecule has 2 N–H and O–H groups in total. The van der Waals surface area contributed by atoms with E-state index in [1.165, 1.54) is 6.42 Å². The largest absolute Gasteiger partial charge is 0.350 e. The fourth-order valence-corrected chi connectivity index (χ4v) is 3.46. The molecular weight excluding hydrogens is 342 g/mol. The van der Waals surface area contributed by atoms with Crippen LogP contribution in [0.2, 0.25) is 0 Å². The summed E-state index contributed by atoms with van der Waals surface area (Å²) in [7, 11) is 0. The maximum Gasteiger partial charge on any atom is 0.267 e. The molecule has 1 aromatic carbocycles. The number of piperidine rings is 1. The molecule has 1 fully saturated rings. The quantitative estimate of drug-likeness (QED) is 0.872. The van der Waals surface area contributed by atoms with Crippen molar-refractivity contribution in [2.45, 2.75) is 32.2 Å². The van der Waals surface area contributed by atoms with E-state index in [1.807, 2.05) is 24.3 Å². The zero-order valence-corrected chi connectivity index (χ0v) is 14.4. The van der Waals surface area contributed by atoms with Crippen molar-refractivity contribution in [1.29, 1.82) is 0 Å². The lowest BCUT2D eigenvalue weighted by atomic mass is 10.0. The number of nitrogens with one attached hydrogen (secondary N) is 2. The predicted octanol–water partition coefficient (Wildman–Crippen LogP) is 3.53. The number of aromatic nitrogens is 1. The van der Waals surface area contributed by atoms with Crippen LogP contribution in [0.25, 0.3) is 10.9 Å². The van der Waals surface area contributed by atoms with E-state index in [9.17, 15) is 4.79 Å². The normalized spacial score (nSPS) is 17.0. The highest BCUT2D eigenvalue weighted by Gasteiger charge is 2.21. The minimum absolute atomic E-state index is 0.00117. The number of carbonyl (C=O) groups is 1. The number of H-pyrrole nitrogens is 1. The van der Waals surface area contributed by atoms with Crippen molar-refractivity contribution in [3.63, 3.8) is 0 Å². The highest BCUT2D eigenvalue weighted by atomic mass is 79.9. The number of likely N-dealkylation sites (tertiary alicyclic amines) is 1. The molecule has 3 rings (SSSR count). The first kappa shape index (κ1) is 15.6. The van der Waals surface area contributed by atoms with Crippen molar-refractivity contribution >= 4 is 32.7 Å². The van der Waals surface area contributed by atoms with Crippen molar-refractivity contribution in [3.8, 4) is 0 Å². The standard InChI is InChI=1S/C17H22BrN3O/c1-2-7-21-8-5-14(6-9-21)19-17(22)16-10-12-3-4-13(18)11-15(12)20-16/h3-4,10-11,14,20H,2,5-9H2,1H3,(H,19,22). The molecule has 0 spiro atoms. The molecule has 0 radical (unpaired) electrons. The second-order valence-electron chi connectivity index (χ2n) is 6.00. The molecule has 0 atom stereocenters. The van der Waals surface area contributed by atoms with Gasteiger partial charge in [-0.1, -0.05) is 28.9 Å². The van der Waals surface area contributed by atoms with Gasteiger partial charge in [0.2, 0.25) is 0 Å². The van der Waals surface area contributed by atoms with Crippen LogP contribution in [0.5, 0.6) is 0 Å². The predicted molar refractivity (Wildman–Crippen MR) is 93.2 cm³/mol. The molecular formula is C17H22BrN3O. The molecule has 0 unspecified atom stereocenters. The van der Waals surface area contributed by atoms with E-state index in [0.29, 0.717) is 11.7 Å². The molecule has 2 aromatic rings. The van der Waals surface area contributed by atoms with Gasteiger partial charge in [0, 0.05) is 34.5 Å². The summed E-state index contributed by atoms with van der Waals surface area (Å²) in [6.45, 7) is 5.54. The van der Waals surface area contributed by atoms with E-state index in [4.69, 9.17) is 0 Å². The molecule has 1 saturated heterocycles. The topological polar surface area (TPSA) is 48.1 Å². The summed E-state index contributed by atoms with van der Waals surface area (Å²) in [6, 6.07) is 8.20. The first-order valence-electron chi connectivity index (χ1n) is 7.97.